The Morgan fingerprint density at radius 3 is 2.48 bits per heavy atom. The summed E-state index contributed by atoms with van der Waals surface area (Å²) in [6.45, 7) is 1.86. The number of nitrogens with one attached hydrogen (secondary N) is 1. The number of halogens is 1. The molecule has 2 rings (SSSR count). The molecule has 0 unspecified atom stereocenters. The minimum Gasteiger partial charge on any atom is -0.465 e. The number of amides is 1. The predicted octanol–water partition coefficient (Wildman–Crippen LogP) is 3.69. The quantitative estimate of drug-likeness (QED) is 0.880. The van der Waals surface area contributed by atoms with Gasteiger partial charge in [0.15, 0.2) is 0 Å². The first-order valence-corrected chi connectivity index (χ1v) is 6.65. The van der Waals surface area contributed by atoms with Crippen molar-refractivity contribution in [3.05, 3.63) is 64.2 Å². The molecule has 1 amide bonds. The van der Waals surface area contributed by atoms with Gasteiger partial charge in [-0.1, -0.05) is 29.8 Å². The zero-order valence-electron chi connectivity index (χ0n) is 11.6. The Hall–Kier alpha value is -2.33. The molecule has 4 nitrogen and oxygen atoms in total. The van der Waals surface area contributed by atoms with Crippen molar-refractivity contribution in [2.24, 2.45) is 0 Å². The molecule has 0 spiro atoms. The number of hydrogen-bond acceptors (Lipinski definition) is 3. The molecule has 0 fully saturated rings. The molecular formula is C16H14ClNO3. The molecular weight excluding hydrogens is 290 g/mol. The normalized spacial score (nSPS) is 10.0. The summed E-state index contributed by atoms with van der Waals surface area (Å²) in [5.41, 5.74) is 2.14. The Balaban J connectivity index is 2.26. The first-order valence-electron chi connectivity index (χ1n) is 6.27. The van der Waals surface area contributed by atoms with E-state index in [9.17, 15) is 9.59 Å². The first-order chi connectivity index (χ1) is 10.0. The molecule has 0 saturated carbocycles. The summed E-state index contributed by atoms with van der Waals surface area (Å²) in [6, 6.07) is 11.9. The van der Waals surface area contributed by atoms with Gasteiger partial charge in [0.1, 0.15) is 0 Å². The van der Waals surface area contributed by atoms with Gasteiger partial charge >= 0.3 is 5.97 Å². The van der Waals surface area contributed by atoms with Gasteiger partial charge in [-0.2, -0.15) is 0 Å². The molecule has 2 aromatic rings. The molecule has 108 valence electrons. The van der Waals surface area contributed by atoms with E-state index in [0.717, 1.165) is 5.56 Å². The lowest BCUT2D eigenvalue weighted by Gasteiger charge is -2.09. The maximum absolute atomic E-state index is 12.2. The molecule has 0 aliphatic carbocycles. The second-order valence-corrected chi connectivity index (χ2v) is 4.86. The van der Waals surface area contributed by atoms with E-state index < -0.39 is 5.97 Å². The van der Waals surface area contributed by atoms with Gasteiger partial charge in [0, 0.05) is 11.3 Å². The number of aryl methyl sites for hydroxylation is 1. The van der Waals surface area contributed by atoms with Crippen molar-refractivity contribution in [3.8, 4) is 0 Å². The number of carbonyl (C=O) groups excluding carboxylic acids is 2. The Morgan fingerprint density at radius 1 is 1.10 bits per heavy atom. The van der Waals surface area contributed by atoms with E-state index in [0.29, 0.717) is 11.3 Å². The number of carbonyl (C=O) groups is 2. The lowest BCUT2D eigenvalue weighted by atomic mass is 10.1. The van der Waals surface area contributed by atoms with Crippen molar-refractivity contribution < 1.29 is 14.3 Å². The number of hydrogen-bond donors (Lipinski definition) is 1. The van der Waals surface area contributed by atoms with E-state index in [-0.39, 0.29) is 16.5 Å². The van der Waals surface area contributed by atoms with Crippen LogP contribution in [-0.4, -0.2) is 19.0 Å². The predicted molar refractivity (Wildman–Crippen MR) is 81.9 cm³/mol. The van der Waals surface area contributed by atoms with E-state index in [1.807, 2.05) is 19.1 Å². The second kappa shape index (κ2) is 6.41. The molecule has 2 aromatic carbocycles. The fraction of sp³-hybridized carbons (Fsp3) is 0.125. The van der Waals surface area contributed by atoms with Gasteiger partial charge < -0.3 is 10.1 Å². The number of anilines is 1. The van der Waals surface area contributed by atoms with Gasteiger partial charge in [-0.15, -0.1) is 0 Å². The summed E-state index contributed by atoms with van der Waals surface area (Å²) in [4.78, 5) is 23.8. The van der Waals surface area contributed by atoms with E-state index in [2.05, 4.69) is 10.1 Å². The van der Waals surface area contributed by atoms with Gasteiger partial charge in [-0.25, -0.2) is 4.79 Å². The maximum atomic E-state index is 12.2. The van der Waals surface area contributed by atoms with Crippen molar-refractivity contribution in [2.75, 3.05) is 12.4 Å². The van der Waals surface area contributed by atoms with Gasteiger partial charge in [0.05, 0.1) is 17.7 Å². The van der Waals surface area contributed by atoms with Crippen molar-refractivity contribution >= 4 is 29.2 Å². The lowest BCUT2D eigenvalue weighted by Crippen LogP contribution is -2.14. The smallest absolute Gasteiger partial charge is 0.339 e. The van der Waals surface area contributed by atoms with Crippen molar-refractivity contribution in [2.45, 2.75) is 6.92 Å². The molecule has 0 aliphatic heterocycles. The highest BCUT2D eigenvalue weighted by molar-refractivity contribution is 6.33. The fourth-order valence-corrected chi connectivity index (χ4v) is 2.09. The summed E-state index contributed by atoms with van der Waals surface area (Å²) < 4.78 is 4.64. The third kappa shape index (κ3) is 3.41. The van der Waals surface area contributed by atoms with Crippen LogP contribution in [0.15, 0.2) is 42.5 Å². The van der Waals surface area contributed by atoms with Crippen LogP contribution in [0.1, 0.15) is 26.3 Å². The molecule has 0 atom stereocenters. The fourth-order valence-electron chi connectivity index (χ4n) is 1.90. The van der Waals surface area contributed by atoms with E-state index >= 15 is 0 Å². The van der Waals surface area contributed by atoms with Crippen molar-refractivity contribution in [1.29, 1.82) is 0 Å². The molecule has 21 heavy (non-hydrogen) atoms. The summed E-state index contributed by atoms with van der Waals surface area (Å²) >= 11 is 5.94. The van der Waals surface area contributed by atoms with Crippen LogP contribution < -0.4 is 5.32 Å². The molecule has 0 bridgehead atoms. The van der Waals surface area contributed by atoms with E-state index in [1.54, 1.807) is 24.3 Å². The Labute approximate surface area is 127 Å². The van der Waals surface area contributed by atoms with E-state index in [1.165, 1.54) is 13.2 Å². The minimum atomic E-state index is -0.549. The van der Waals surface area contributed by atoms with Crippen molar-refractivity contribution in [3.63, 3.8) is 0 Å². The van der Waals surface area contributed by atoms with Gasteiger partial charge in [0.25, 0.3) is 5.91 Å². The van der Waals surface area contributed by atoms with Crippen LogP contribution in [0.5, 0.6) is 0 Å². The molecule has 0 aromatic heterocycles. The first kappa shape index (κ1) is 15.1. The highest BCUT2D eigenvalue weighted by Gasteiger charge is 2.13. The summed E-state index contributed by atoms with van der Waals surface area (Å²) in [7, 11) is 1.28. The van der Waals surface area contributed by atoms with Crippen LogP contribution in [-0.2, 0) is 4.74 Å². The number of benzene rings is 2. The van der Waals surface area contributed by atoms with Crippen LogP contribution in [0.25, 0.3) is 0 Å². The van der Waals surface area contributed by atoms with Crippen molar-refractivity contribution in [1.82, 2.24) is 0 Å². The maximum Gasteiger partial charge on any atom is 0.339 e. The molecule has 5 heteroatoms. The zero-order chi connectivity index (χ0) is 15.4. The SMILES string of the molecule is COC(=O)c1cc(NC(=O)c2ccccc2C)ccc1Cl. The average Bonchev–Trinajstić information content (AvgIpc) is 2.48. The standard InChI is InChI=1S/C16H14ClNO3/c1-10-5-3-4-6-12(10)15(19)18-11-7-8-14(17)13(9-11)16(20)21-2/h3-9H,1-2H3,(H,18,19). The highest BCUT2D eigenvalue weighted by Crippen LogP contribution is 2.22. The van der Waals surface area contributed by atoms with Crippen LogP contribution in [0, 0.1) is 6.92 Å². The minimum absolute atomic E-state index is 0.210. The number of esters is 1. The lowest BCUT2D eigenvalue weighted by molar-refractivity contribution is 0.0600. The topological polar surface area (TPSA) is 55.4 Å². The number of rotatable bonds is 3. The second-order valence-electron chi connectivity index (χ2n) is 4.46. The summed E-state index contributed by atoms with van der Waals surface area (Å²) in [5.74, 6) is -0.793. The van der Waals surface area contributed by atoms with E-state index in [4.69, 9.17) is 11.6 Å². The monoisotopic (exact) mass is 303 g/mol. The number of methoxy groups -OCH3 is 1. The third-order valence-electron chi connectivity index (χ3n) is 3.02. The van der Waals surface area contributed by atoms with Crippen LogP contribution in [0.3, 0.4) is 0 Å². The largest absolute Gasteiger partial charge is 0.465 e. The number of ether oxygens (including phenoxy) is 1. The van der Waals surface area contributed by atoms with Gasteiger partial charge in [-0.3, -0.25) is 4.79 Å². The molecule has 0 saturated heterocycles. The molecule has 0 radical (unpaired) electrons. The Kier molecular flexibility index (Phi) is 4.60. The molecule has 0 heterocycles. The summed E-state index contributed by atoms with van der Waals surface area (Å²) in [5, 5.41) is 3.01. The van der Waals surface area contributed by atoms with Gasteiger partial charge in [-0.05, 0) is 36.8 Å². The van der Waals surface area contributed by atoms with Crippen LogP contribution in [0.2, 0.25) is 5.02 Å². The highest BCUT2D eigenvalue weighted by atomic mass is 35.5. The summed E-state index contributed by atoms with van der Waals surface area (Å²) in [6.07, 6.45) is 0. The molecule has 1 N–H and O–H groups in total. The van der Waals surface area contributed by atoms with Crippen LogP contribution >= 0.6 is 11.6 Å². The van der Waals surface area contributed by atoms with Crippen LogP contribution in [0.4, 0.5) is 5.69 Å². The Morgan fingerprint density at radius 2 is 1.81 bits per heavy atom. The zero-order valence-corrected chi connectivity index (χ0v) is 12.4. The molecule has 0 aliphatic rings. The average molecular weight is 304 g/mol. The van der Waals surface area contributed by atoms with Gasteiger partial charge in [0.2, 0.25) is 0 Å². The Bertz CT molecular complexity index is 698. The third-order valence-corrected chi connectivity index (χ3v) is 3.35.